The van der Waals surface area contributed by atoms with Gasteiger partial charge in [0.15, 0.2) is 0 Å². The maximum absolute atomic E-state index is 5.66. The largest absolute Gasteiger partial charge is 0.373 e. The van der Waals surface area contributed by atoms with Crippen LogP contribution in [0.5, 0.6) is 0 Å². The van der Waals surface area contributed by atoms with Crippen molar-refractivity contribution in [3.8, 4) is 0 Å². The number of rotatable bonds is 8. The lowest BCUT2D eigenvalue weighted by molar-refractivity contribution is -0.0779. The Hall–Kier alpha value is -0.900. The first-order chi connectivity index (χ1) is 8.38. The molecule has 0 bridgehead atoms. The molecule has 17 heavy (non-hydrogen) atoms. The molecule has 1 unspecified atom stereocenters. The van der Waals surface area contributed by atoms with Gasteiger partial charge in [0.25, 0.3) is 0 Å². The van der Waals surface area contributed by atoms with Gasteiger partial charge in [-0.1, -0.05) is 30.3 Å². The fourth-order valence-electron chi connectivity index (χ4n) is 1.90. The maximum Gasteiger partial charge on any atom is 0.146 e. The molecule has 1 saturated heterocycles. The summed E-state index contributed by atoms with van der Waals surface area (Å²) >= 11 is 0. The van der Waals surface area contributed by atoms with Crippen molar-refractivity contribution in [3.63, 3.8) is 0 Å². The molecule has 0 saturated carbocycles. The molecule has 1 aromatic carbocycles. The van der Waals surface area contributed by atoms with Crippen LogP contribution in [-0.4, -0.2) is 32.7 Å². The van der Waals surface area contributed by atoms with Crippen molar-refractivity contribution >= 4 is 0 Å². The molecule has 1 aliphatic rings. The molecule has 0 aliphatic carbocycles. The first-order valence-corrected chi connectivity index (χ1v) is 6.14. The zero-order valence-electron chi connectivity index (χ0n) is 10.3. The topological polar surface area (TPSA) is 31.0 Å². The van der Waals surface area contributed by atoms with Crippen molar-refractivity contribution in [2.24, 2.45) is 0 Å². The summed E-state index contributed by atoms with van der Waals surface area (Å²) < 4.78 is 15.9. The highest BCUT2D eigenvalue weighted by Crippen LogP contribution is 2.20. The van der Waals surface area contributed by atoms with E-state index >= 15 is 0 Å². The van der Waals surface area contributed by atoms with Gasteiger partial charge in [-0.2, -0.15) is 0 Å². The van der Waals surface area contributed by atoms with Gasteiger partial charge < -0.3 is 14.2 Å². The number of hydrogen-bond acceptors (Lipinski definition) is 3. The van der Waals surface area contributed by atoms with E-state index in [0.29, 0.717) is 12.9 Å². The molecule has 0 amide bonds. The van der Waals surface area contributed by atoms with Gasteiger partial charge in [-0.05, 0) is 18.4 Å². The molecule has 0 aromatic heterocycles. The Morgan fingerprint density at radius 3 is 2.76 bits per heavy atom. The van der Waals surface area contributed by atoms with Crippen LogP contribution in [0.15, 0.2) is 30.3 Å². The van der Waals surface area contributed by atoms with Crippen LogP contribution in [0.3, 0.4) is 0 Å². The molecule has 1 aromatic rings. The summed E-state index contributed by atoms with van der Waals surface area (Å²) in [5, 5.41) is 0. The van der Waals surface area contributed by atoms with Crippen molar-refractivity contribution in [2.45, 2.75) is 31.5 Å². The highest BCUT2D eigenvalue weighted by molar-refractivity contribution is 5.14. The van der Waals surface area contributed by atoms with Crippen LogP contribution in [0.4, 0.5) is 0 Å². The average molecular weight is 236 g/mol. The van der Waals surface area contributed by atoms with Crippen molar-refractivity contribution in [1.29, 1.82) is 0 Å². The van der Waals surface area contributed by atoms with E-state index in [9.17, 15) is 0 Å². The molecule has 3 heteroatoms. The zero-order valence-corrected chi connectivity index (χ0v) is 10.3. The number of methoxy groups -OCH3 is 1. The second-order valence-corrected chi connectivity index (χ2v) is 4.41. The Kier molecular flexibility index (Phi) is 4.98. The van der Waals surface area contributed by atoms with E-state index in [1.54, 1.807) is 7.11 Å². The van der Waals surface area contributed by atoms with E-state index in [2.05, 4.69) is 24.3 Å². The van der Waals surface area contributed by atoms with Crippen LogP contribution in [0.25, 0.3) is 0 Å². The number of aryl methyl sites for hydroxylation is 1. The van der Waals surface area contributed by atoms with Gasteiger partial charge in [0.1, 0.15) is 6.79 Å². The van der Waals surface area contributed by atoms with Crippen LogP contribution in [0.2, 0.25) is 0 Å². The normalized spacial score (nSPS) is 20.2. The van der Waals surface area contributed by atoms with Crippen LogP contribution in [-0.2, 0) is 20.6 Å². The first-order valence-electron chi connectivity index (χ1n) is 6.14. The number of epoxide rings is 1. The minimum Gasteiger partial charge on any atom is -0.373 e. The fourth-order valence-corrected chi connectivity index (χ4v) is 1.90. The number of hydrogen-bond donors (Lipinski definition) is 0. The minimum atomic E-state index is 0.239. The lowest BCUT2D eigenvalue weighted by Gasteiger charge is -2.16. The van der Waals surface area contributed by atoms with E-state index in [1.807, 2.05) is 6.07 Å². The molecule has 1 fully saturated rings. The second kappa shape index (κ2) is 6.74. The van der Waals surface area contributed by atoms with Crippen LogP contribution in [0, 0.1) is 0 Å². The predicted molar refractivity (Wildman–Crippen MR) is 65.9 cm³/mol. The van der Waals surface area contributed by atoms with Gasteiger partial charge in [-0.25, -0.2) is 0 Å². The summed E-state index contributed by atoms with van der Waals surface area (Å²) in [4.78, 5) is 0. The fraction of sp³-hybridized carbons (Fsp3) is 0.571. The number of benzene rings is 1. The summed E-state index contributed by atoms with van der Waals surface area (Å²) in [6, 6.07) is 10.5. The monoisotopic (exact) mass is 236 g/mol. The standard InChI is InChI=1S/C14H20O3/c1-15-11-17-13(9-14-10-16-14)8-7-12-5-3-2-4-6-12/h2-6,13-14H,7-11H2,1H3/t13?,14-/m1/s1. The molecular formula is C14H20O3. The predicted octanol–water partition coefficient (Wildman–Crippen LogP) is 2.40. The molecule has 0 spiro atoms. The molecule has 2 rings (SSSR count). The van der Waals surface area contributed by atoms with Crippen molar-refractivity contribution in [2.75, 3.05) is 20.5 Å². The van der Waals surface area contributed by atoms with Gasteiger partial charge >= 0.3 is 0 Å². The molecule has 94 valence electrons. The van der Waals surface area contributed by atoms with E-state index in [4.69, 9.17) is 14.2 Å². The molecule has 0 radical (unpaired) electrons. The molecule has 0 N–H and O–H groups in total. The summed E-state index contributed by atoms with van der Waals surface area (Å²) in [7, 11) is 1.65. The first kappa shape index (κ1) is 12.6. The van der Waals surface area contributed by atoms with E-state index in [-0.39, 0.29) is 6.10 Å². The maximum atomic E-state index is 5.66. The quantitative estimate of drug-likeness (QED) is 0.513. The van der Waals surface area contributed by atoms with Gasteiger partial charge in [0, 0.05) is 13.5 Å². The van der Waals surface area contributed by atoms with Gasteiger partial charge in [0.2, 0.25) is 0 Å². The SMILES string of the molecule is COCOC(CCc1ccccc1)C[C@@H]1CO1. The summed E-state index contributed by atoms with van der Waals surface area (Å²) in [5.41, 5.74) is 1.36. The smallest absolute Gasteiger partial charge is 0.146 e. The molecule has 1 aliphatic heterocycles. The Morgan fingerprint density at radius 1 is 1.35 bits per heavy atom. The third-order valence-electron chi connectivity index (χ3n) is 2.95. The molecule has 1 heterocycles. The van der Waals surface area contributed by atoms with Gasteiger partial charge in [-0.3, -0.25) is 0 Å². The lowest BCUT2D eigenvalue weighted by atomic mass is 10.0. The number of ether oxygens (including phenoxy) is 3. The third-order valence-corrected chi connectivity index (χ3v) is 2.95. The zero-order chi connectivity index (χ0) is 11.9. The molecule has 2 atom stereocenters. The van der Waals surface area contributed by atoms with Crippen molar-refractivity contribution < 1.29 is 14.2 Å². The van der Waals surface area contributed by atoms with Crippen LogP contribution >= 0.6 is 0 Å². The minimum absolute atomic E-state index is 0.239. The van der Waals surface area contributed by atoms with Crippen LogP contribution < -0.4 is 0 Å². The highest BCUT2D eigenvalue weighted by atomic mass is 16.7. The van der Waals surface area contributed by atoms with E-state index in [0.717, 1.165) is 25.9 Å². The third kappa shape index (κ3) is 4.86. The summed E-state index contributed by atoms with van der Waals surface area (Å²) in [5.74, 6) is 0. The Morgan fingerprint density at radius 2 is 2.12 bits per heavy atom. The van der Waals surface area contributed by atoms with Crippen molar-refractivity contribution in [3.05, 3.63) is 35.9 Å². The van der Waals surface area contributed by atoms with Gasteiger partial charge in [0.05, 0.1) is 18.8 Å². The Balaban J connectivity index is 1.75. The van der Waals surface area contributed by atoms with Crippen LogP contribution in [0.1, 0.15) is 18.4 Å². The molecular weight excluding hydrogens is 216 g/mol. The van der Waals surface area contributed by atoms with E-state index < -0.39 is 0 Å². The Bertz CT molecular complexity index is 309. The summed E-state index contributed by atoms with van der Waals surface area (Å²) in [6.07, 6.45) is 3.70. The van der Waals surface area contributed by atoms with Crippen molar-refractivity contribution in [1.82, 2.24) is 0 Å². The Labute approximate surface area is 103 Å². The highest BCUT2D eigenvalue weighted by Gasteiger charge is 2.26. The lowest BCUT2D eigenvalue weighted by Crippen LogP contribution is -2.18. The molecule has 3 nitrogen and oxygen atoms in total. The van der Waals surface area contributed by atoms with E-state index in [1.165, 1.54) is 5.56 Å². The summed E-state index contributed by atoms with van der Waals surface area (Å²) in [6.45, 7) is 1.25. The van der Waals surface area contributed by atoms with Gasteiger partial charge in [-0.15, -0.1) is 0 Å². The average Bonchev–Trinajstić information content (AvgIpc) is 3.18. The second-order valence-electron chi connectivity index (χ2n) is 4.41.